The third-order valence-corrected chi connectivity index (χ3v) is 2.32. The second-order valence-corrected chi connectivity index (χ2v) is 3.48. The number of carbonyl (C=O) groups is 1. The van der Waals surface area contributed by atoms with Gasteiger partial charge in [-0.2, -0.15) is 0 Å². The van der Waals surface area contributed by atoms with Crippen LogP contribution >= 0.6 is 0 Å². The molecule has 1 heterocycles. The van der Waals surface area contributed by atoms with Gasteiger partial charge in [0, 0.05) is 6.07 Å². The Balaban J connectivity index is 2.98. The molecule has 0 bridgehead atoms. The summed E-state index contributed by atoms with van der Waals surface area (Å²) in [6.45, 7) is 3.64. The molecule has 5 nitrogen and oxygen atoms in total. The number of hydrogen-bond donors (Lipinski definition) is 1. The maximum absolute atomic E-state index is 11.5. The van der Waals surface area contributed by atoms with Crippen LogP contribution in [0.15, 0.2) is 17.2 Å². The van der Waals surface area contributed by atoms with Gasteiger partial charge in [0.25, 0.3) is 5.56 Å². The summed E-state index contributed by atoms with van der Waals surface area (Å²) in [7, 11) is 0. The highest BCUT2D eigenvalue weighted by molar-refractivity contribution is 5.66. The van der Waals surface area contributed by atoms with E-state index in [1.54, 1.807) is 0 Å². The molecule has 0 spiro atoms. The smallest absolute Gasteiger partial charge is 0.323 e. The molecule has 0 aliphatic rings. The van der Waals surface area contributed by atoms with Crippen LogP contribution in [-0.4, -0.2) is 20.6 Å². The maximum Gasteiger partial charge on any atom is 0.323 e. The van der Waals surface area contributed by atoms with Crippen LogP contribution in [0.25, 0.3) is 0 Å². The maximum atomic E-state index is 11.5. The minimum absolute atomic E-state index is 0.220. The summed E-state index contributed by atoms with van der Waals surface area (Å²) in [5, 5.41) is 8.53. The molecule has 1 atom stereocenters. The van der Waals surface area contributed by atoms with Gasteiger partial charge in [0.15, 0.2) is 0 Å². The fourth-order valence-electron chi connectivity index (χ4n) is 1.18. The molecule has 0 aliphatic carbocycles. The van der Waals surface area contributed by atoms with E-state index in [4.69, 9.17) is 5.11 Å². The average molecular weight is 210 g/mol. The molecule has 0 saturated heterocycles. The van der Waals surface area contributed by atoms with E-state index in [1.165, 1.54) is 12.4 Å². The second-order valence-electron chi connectivity index (χ2n) is 3.48. The molecule has 0 aliphatic heterocycles. The van der Waals surface area contributed by atoms with Crippen LogP contribution in [0.1, 0.15) is 31.9 Å². The lowest BCUT2D eigenvalue weighted by Crippen LogP contribution is -2.24. The Morgan fingerprint density at radius 3 is 2.80 bits per heavy atom. The van der Waals surface area contributed by atoms with E-state index in [0.717, 1.165) is 11.0 Å². The molecule has 82 valence electrons. The number of carboxylic acid groups (broad SMARTS) is 1. The van der Waals surface area contributed by atoms with Crippen molar-refractivity contribution in [2.45, 2.75) is 32.7 Å². The highest BCUT2D eigenvalue weighted by atomic mass is 16.4. The molecule has 0 aromatic carbocycles. The molecule has 0 saturated carbocycles. The Hall–Kier alpha value is -1.65. The quantitative estimate of drug-likeness (QED) is 0.799. The zero-order valence-corrected chi connectivity index (χ0v) is 8.80. The highest BCUT2D eigenvalue weighted by Crippen LogP contribution is 2.13. The first-order valence-corrected chi connectivity index (χ1v) is 4.82. The van der Waals surface area contributed by atoms with Crippen LogP contribution in [0.4, 0.5) is 0 Å². The van der Waals surface area contributed by atoms with Crippen LogP contribution in [0, 0.1) is 0 Å². The van der Waals surface area contributed by atoms with E-state index in [-0.39, 0.29) is 18.0 Å². The molecule has 5 heteroatoms. The van der Waals surface area contributed by atoms with Gasteiger partial charge >= 0.3 is 5.97 Å². The van der Waals surface area contributed by atoms with Crippen molar-refractivity contribution in [2.75, 3.05) is 0 Å². The summed E-state index contributed by atoms with van der Waals surface area (Å²) >= 11 is 0. The van der Waals surface area contributed by atoms with Gasteiger partial charge in [-0.1, -0.05) is 13.8 Å². The Morgan fingerprint density at radius 2 is 2.33 bits per heavy atom. The van der Waals surface area contributed by atoms with Crippen LogP contribution in [0.3, 0.4) is 0 Å². The first-order valence-electron chi connectivity index (χ1n) is 4.82. The molecule has 1 aromatic heterocycles. The van der Waals surface area contributed by atoms with Gasteiger partial charge in [0.2, 0.25) is 0 Å². The standard InChI is InChI=1S/C10H14N2O3/c1-3-7(2)8-4-9(13)12(6-11-8)5-10(14)15/h4,6-7H,3,5H2,1-2H3,(H,14,15). The summed E-state index contributed by atoms with van der Waals surface area (Å²) in [6, 6.07) is 1.40. The third kappa shape index (κ3) is 2.90. The highest BCUT2D eigenvalue weighted by Gasteiger charge is 2.07. The molecular weight excluding hydrogens is 196 g/mol. The monoisotopic (exact) mass is 210 g/mol. The number of carboxylic acids is 1. The number of rotatable bonds is 4. The Kier molecular flexibility index (Phi) is 3.60. The van der Waals surface area contributed by atoms with Crippen molar-refractivity contribution < 1.29 is 9.90 Å². The Labute approximate surface area is 87.4 Å². The van der Waals surface area contributed by atoms with E-state index in [9.17, 15) is 9.59 Å². The van der Waals surface area contributed by atoms with Gasteiger partial charge in [0.1, 0.15) is 6.54 Å². The fraction of sp³-hybridized carbons (Fsp3) is 0.500. The Bertz CT molecular complexity index is 411. The number of aliphatic carboxylic acids is 1. The van der Waals surface area contributed by atoms with Crippen molar-refractivity contribution in [3.63, 3.8) is 0 Å². The molecule has 0 amide bonds. The van der Waals surface area contributed by atoms with E-state index in [1.807, 2.05) is 13.8 Å². The summed E-state index contributed by atoms with van der Waals surface area (Å²) < 4.78 is 1.08. The fourth-order valence-corrected chi connectivity index (χ4v) is 1.18. The van der Waals surface area contributed by atoms with Crippen LogP contribution in [0.2, 0.25) is 0 Å². The number of aromatic nitrogens is 2. The molecule has 1 rings (SSSR count). The topological polar surface area (TPSA) is 72.2 Å². The van der Waals surface area contributed by atoms with E-state index in [0.29, 0.717) is 5.69 Å². The predicted molar refractivity (Wildman–Crippen MR) is 54.8 cm³/mol. The molecule has 0 radical (unpaired) electrons. The Morgan fingerprint density at radius 1 is 1.67 bits per heavy atom. The molecule has 1 unspecified atom stereocenters. The summed E-state index contributed by atoms with van der Waals surface area (Å²) in [4.78, 5) is 25.9. The van der Waals surface area contributed by atoms with E-state index < -0.39 is 5.97 Å². The number of hydrogen-bond acceptors (Lipinski definition) is 3. The molecule has 1 N–H and O–H groups in total. The van der Waals surface area contributed by atoms with Gasteiger partial charge in [-0.05, 0) is 12.3 Å². The van der Waals surface area contributed by atoms with Crippen LogP contribution in [0.5, 0.6) is 0 Å². The lowest BCUT2D eigenvalue weighted by atomic mass is 10.1. The zero-order valence-electron chi connectivity index (χ0n) is 8.80. The van der Waals surface area contributed by atoms with Crippen molar-refractivity contribution in [1.29, 1.82) is 0 Å². The summed E-state index contributed by atoms with van der Waals surface area (Å²) in [6.07, 6.45) is 2.19. The predicted octanol–water partition coefficient (Wildman–Crippen LogP) is 0.841. The van der Waals surface area contributed by atoms with Crippen molar-refractivity contribution in [2.24, 2.45) is 0 Å². The third-order valence-electron chi connectivity index (χ3n) is 2.32. The van der Waals surface area contributed by atoms with Crippen LogP contribution < -0.4 is 5.56 Å². The average Bonchev–Trinajstić information content (AvgIpc) is 2.19. The van der Waals surface area contributed by atoms with E-state index in [2.05, 4.69) is 4.98 Å². The number of nitrogens with zero attached hydrogens (tertiary/aromatic N) is 2. The van der Waals surface area contributed by atoms with Gasteiger partial charge in [-0.15, -0.1) is 0 Å². The lowest BCUT2D eigenvalue weighted by molar-refractivity contribution is -0.137. The summed E-state index contributed by atoms with van der Waals surface area (Å²) in [5.41, 5.74) is 0.395. The van der Waals surface area contributed by atoms with Gasteiger partial charge in [-0.3, -0.25) is 14.2 Å². The first-order chi connectivity index (χ1) is 7.04. The van der Waals surface area contributed by atoms with Crippen molar-refractivity contribution in [1.82, 2.24) is 9.55 Å². The van der Waals surface area contributed by atoms with E-state index >= 15 is 0 Å². The van der Waals surface area contributed by atoms with Crippen molar-refractivity contribution >= 4 is 5.97 Å². The molecule has 1 aromatic rings. The minimum atomic E-state index is -1.05. The summed E-state index contributed by atoms with van der Waals surface area (Å²) in [5.74, 6) is -0.827. The minimum Gasteiger partial charge on any atom is -0.480 e. The first kappa shape index (κ1) is 11.4. The molecular formula is C10H14N2O3. The zero-order chi connectivity index (χ0) is 11.4. The SMILES string of the molecule is CCC(C)c1cc(=O)n(CC(=O)O)cn1. The van der Waals surface area contributed by atoms with Crippen molar-refractivity contribution in [3.05, 3.63) is 28.4 Å². The normalized spacial score (nSPS) is 12.4. The van der Waals surface area contributed by atoms with Gasteiger partial charge in [-0.25, -0.2) is 4.98 Å². The van der Waals surface area contributed by atoms with Crippen molar-refractivity contribution in [3.8, 4) is 0 Å². The van der Waals surface area contributed by atoms with Crippen LogP contribution in [-0.2, 0) is 11.3 Å². The lowest BCUT2D eigenvalue weighted by Gasteiger charge is -2.08. The molecule has 0 fully saturated rings. The van der Waals surface area contributed by atoms with Gasteiger partial charge < -0.3 is 5.11 Å². The van der Waals surface area contributed by atoms with Gasteiger partial charge in [0.05, 0.1) is 12.0 Å². The second kappa shape index (κ2) is 4.72. The molecule has 15 heavy (non-hydrogen) atoms. The largest absolute Gasteiger partial charge is 0.480 e.